The molecule has 9 heteroatoms. The van der Waals surface area contributed by atoms with Crippen molar-refractivity contribution in [1.82, 2.24) is 10.2 Å². The SMILES string of the molecule is C=NC(=NCC)Nc1ccc(C(=O)NCC(C)(C)CN(CCCOc2ccccc2Cl)C(=O)CCCc2ccccc2)cc1. The van der Waals surface area contributed by atoms with Gasteiger partial charge in [-0.25, -0.2) is 4.99 Å². The highest BCUT2D eigenvalue weighted by atomic mass is 35.5. The number of aliphatic imine (C=N–C) groups is 2. The highest BCUT2D eigenvalue weighted by Gasteiger charge is 2.26. The Morgan fingerprint density at radius 3 is 2.36 bits per heavy atom. The van der Waals surface area contributed by atoms with Crippen LogP contribution in [0.1, 0.15) is 56.0 Å². The van der Waals surface area contributed by atoms with E-state index in [0.29, 0.717) is 67.9 Å². The van der Waals surface area contributed by atoms with Crippen molar-refractivity contribution >= 4 is 41.8 Å². The maximum atomic E-state index is 13.4. The van der Waals surface area contributed by atoms with Crippen LogP contribution in [-0.4, -0.2) is 62.2 Å². The van der Waals surface area contributed by atoms with Crippen LogP contribution in [0.4, 0.5) is 5.69 Å². The van der Waals surface area contributed by atoms with E-state index in [1.54, 1.807) is 30.3 Å². The monoisotopic (exact) mass is 617 g/mol. The van der Waals surface area contributed by atoms with E-state index in [4.69, 9.17) is 16.3 Å². The molecule has 0 heterocycles. The summed E-state index contributed by atoms with van der Waals surface area (Å²) in [5.74, 6) is 0.985. The van der Waals surface area contributed by atoms with Gasteiger partial charge in [0.05, 0.1) is 11.6 Å². The topological polar surface area (TPSA) is 95.4 Å². The van der Waals surface area contributed by atoms with Crippen molar-refractivity contribution in [3.05, 3.63) is 95.0 Å². The van der Waals surface area contributed by atoms with Crippen LogP contribution >= 0.6 is 11.6 Å². The van der Waals surface area contributed by atoms with E-state index in [2.05, 4.69) is 53.3 Å². The molecule has 0 aliphatic carbocycles. The van der Waals surface area contributed by atoms with Gasteiger partial charge in [-0.1, -0.05) is 67.9 Å². The number of anilines is 1. The summed E-state index contributed by atoms with van der Waals surface area (Å²) in [5.41, 5.74) is 2.16. The third-order valence-corrected chi connectivity index (χ3v) is 7.24. The van der Waals surface area contributed by atoms with E-state index in [9.17, 15) is 9.59 Å². The molecule has 0 saturated heterocycles. The molecular weight excluding hydrogens is 574 g/mol. The number of guanidine groups is 1. The molecule has 2 amide bonds. The normalized spacial score (nSPS) is 11.5. The second-order valence-corrected chi connectivity index (χ2v) is 11.7. The zero-order chi connectivity index (χ0) is 31.8. The van der Waals surface area contributed by atoms with Crippen molar-refractivity contribution in [2.75, 3.05) is 38.1 Å². The largest absolute Gasteiger partial charge is 0.492 e. The van der Waals surface area contributed by atoms with Gasteiger partial charge >= 0.3 is 0 Å². The van der Waals surface area contributed by atoms with Crippen LogP contribution in [-0.2, 0) is 11.2 Å². The Hall–Kier alpha value is -4.17. The number of aryl methyl sites for hydroxylation is 1. The highest BCUT2D eigenvalue weighted by Crippen LogP contribution is 2.23. The third-order valence-electron chi connectivity index (χ3n) is 6.93. The van der Waals surface area contributed by atoms with Crippen molar-refractivity contribution in [2.24, 2.45) is 15.4 Å². The molecule has 0 atom stereocenters. The average molecular weight is 618 g/mol. The van der Waals surface area contributed by atoms with Gasteiger partial charge in [0, 0.05) is 43.9 Å². The zero-order valence-corrected chi connectivity index (χ0v) is 26.8. The van der Waals surface area contributed by atoms with Gasteiger partial charge in [-0.3, -0.25) is 14.6 Å². The summed E-state index contributed by atoms with van der Waals surface area (Å²) < 4.78 is 5.87. The molecule has 0 unspecified atom stereocenters. The molecule has 3 aromatic carbocycles. The molecule has 0 spiro atoms. The first-order chi connectivity index (χ1) is 21.2. The van der Waals surface area contributed by atoms with Gasteiger partial charge in [-0.2, -0.15) is 0 Å². The molecule has 3 aromatic rings. The molecule has 0 bridgehead atoms. The number of halogens is 1. The van der Waals surface area contributed by atoms with Crippen molar-refractivity contribution in [2.45, 2.75) is 46.5 Å². The lowest BCUT2D eigenvalue weighted by molar-refractivity contribution is -0.132. The van der Waals surface area contributed by atoms with E-state index >= 15 is 0 Å². The van der Waals surface area contributed by atoms with E-state index in [-0.39, 0.29) is 17.2 Å². The smallest absolute Gasteiger partial charge is 0.251 e. The van der Waals surface area contributed by atoms with Crippen LogP contribution in [0.5, 0.6) is 5.75 Å². The molecule has 8 nitrogen and oxygen atoms in total. The molecule has 2 N–H and O–H groups in total. The molecule has 0 aliphatic rings. The Kier molecular flexibility index (Phi) is 13.9. The van der Waals surface area contributed by atoms with Gasteiger partial charge in [0.1, 0.15) is 5.75 Å². The molecule has 0 saturated carbocycles. The Balaban J connectivity index is 1.56. The quantitative estimate of drug-likeness (QED) is 0.104. The zero-order valence-electron chi connectivity index (χ0n) is 26.0. The fourth-order valence-corrected chi connectivity index (χ4v) is 4.84. The van der Waals surface area contributed by atoms with Crippen LogP contribution in [0.25, 0.3) is 0 Å². The predicted molar refractivity (Wildman–Crippen MR) is 181 cm³/mol. The Morgan fingerprint density at radius 1 is 0.977 bits per heavy atom. The molecule has 0 fully saturated rings. The van der Waals surface area contributed by atoms with E-state index in [1.165, 1.54) is 5.56 Å². The van der Waals surface area contributed by atoms with Crippen LogP contribution in [0, 0.1) is 5.41 Å². The van der Waals surface area contributed by atoms with Crippen molar-refractivity contribution in [3.8, 4) is 5.75 Å². The maximum Gasteiger partial charge on any atom is 0.251 e. The summed E-state index contributed by atoms with van der Waals surface area (Å²) in [6.45, 7) is 12.0. The fraction of sp³-hybridized carbons (Fsp3) is 0.371. The summed E-state index contributed by atoms with van der Waals surface area (Å²) in [4.78, 5) is 36.4. The number of carbonyl (C=O) groups excluding carboxylic acids is 2. The minimum atomic E-state index is -0.364. The van der Waals surface area contributed by atoms with E-state index in [0.717, 1.165) is 18.5 Å². The highest BCUT2D eigenvalue weighted by molar-refractivity contribution is 6.32. The Morgan fingerprint density at radius 2 is 1.68 bits per heavy atom. The number of hydrogen-bond donors (Lipinski definition) is 2. The van der Waals surface area contributed by atoms with E-state index < -0.39 is 0 Å². The first kappa shape index (κ1) is 34.3. The number of ether oxygens (including phenoxy) is 1. The van der Waals surface area contributed by atoms with Crippen LogP contribution in [0.2, 0.25) is 5.02 Å². The summed E-state index contributed by atoms with van der Waals surface area (Å²) in [7, 11) is 0. The maximum absolute atomic E-state index is 13.4. The lowest BCUT2D eigenvalue weighted by atomic mass is 9.92. The molecule has 0 radical (unpaired) electrons. The first-order valence-corrected chi connectivity index (χ1v) is 15.4. The Bertz CT molecular complexity index is 1380. The van der Waals surface area contributed by atoms with Gasteiger partial charge in [0.25, 0.3) is 5.91 Å². The minimum Gasteiger partial charge on any atom is -0.492 e. The molecule has 234 valence electrons. The molecular formula is C35H44ClN5O3. The van der Waals surface area contributed by atoms with Gasteiger partial charge in [0.2, 0.25) is 11.9 Å². The van der Waals surface area contributed by atoms with Gasteiger partial charge < -0.3 is 20.3 Å². The molecule has 44 heavy (non-hydrogen) atoms. The van der Waals surface area contributed by atoms with E-state index in [1.807, 2.05) is 48.2 Å². The predicted octanol–water partition coefficient (Wildman–Crippen LogP) is 6.91. The summed E-state index contributed by atoms with van der Waals surface area (Å²) in [6, 6.07) is 24.7. The van der Waals surface area contributed by atoms with Crippen molar-refractivity contribution in [1.29, 1.82) is 0 Å². The van der Waals surface area contributed by atoms with Crippen LogP contribution < -0.4 is 15.4 Å². The summed E-state index contributed by atoms with van der Waals surface area (Å²) in [6.07, 6.45) is 2.73. The number of nitrogens with one attached hydrogen (secondary N) is 2. The minimum absolute atomic E-state index is 0.0983. The van der Waals surface area contributed by atoms with Crippen molar-refractivity contribution < 1.29 is 14.3 Å². The van der Waals surface area contributed by atoms with Gasteiger partial charge in [0.15, 0.2) is 0 Å². The number of para-hydroxylation sites is 1. The average Bonchev–Trinajstić information content (AvgIpc) is 3.02. The number of nitrogens with zero attached hydrogens (tertiary/aromatic N) is 3. The van der Waals surface area contributed by atoms with Crippen molar-refractivity contribution in [3.63, 3.8) is 0 Å². The second kappa shape index (κ2) is 17.8. The van der Waals surface area contributed by atoms with Gasteiger partial charge in [-0.15, -0.1) is 0 Å². The summed E-state index contributed by atoms with van der Waals surface area (Å²) in [5, 5.41) is 6.69. The van der Waals surface area contributed by atoms with Crippen LogP contribution in [0.15, 0.2) is 88.8 Å². The first-order valence-electron chi connectivity index (χ1n) is 15.1. The van der Waals surface area contributed by atoms with Gasteiger partial charge in [-0.05, 0) is 80.3 Å². The lowest BCUT2D eigenvalue weighted by Crippen LogP contribution is -2.45. The fourth-order valence-electron chi connectivity index (χ4n) is 4.64. The summed E-state index contributed by atoms with van der Waals surface area (Å²) >= 11 is 6.22. The number of rotatable bonds is 16. The number of carbonyl (C=O) groups is 2. The number of amides is 2. The number of benzene rings is 3. The molecule has 0 aromatic heterocycles. The lowest BCUT2D eigenvalue weighted by Gasteiger charge is -2.33. The standard InChI is InChI=1S/C35H44ClN5O3/c1-5-38-34(37-4)40-29-21-19-28(20-22-29)33(43)39-25-35(2,3)26-41(23-12-24-44-31-17-10-9-16-30(31)36)32(42)18-11-15-27-13-7-6-8-14-27/h6-10,13-14,16-17,19-22H,4-5,11-12,15,18,23-26H2,1-3H3,(H,38,40)(H,39,43). The second-order valence-electron chi connectivity index (χ2n) is 11.3. The van der Waals surface area contributed by atoms with Crippen LogP contribution in [0.3, 0.4) is 0 Å². The third kappa shape index (κ3) is 11.8. The molecule has 3 rings (SSSR count). The molecule has 0 aliphatic heterocycles. The number of hydrogen-bond acceptors (Lipinski definition) is 4. The Labute approximate surface area is 266 Å².